The average Bonchev–Trinajstić information content (AvgIpc) is 2.27. The number of aliphatic hydroxyl groups is 1. The smallest absolute Gasteiger partial charge is 0.313 e. The van der Waals surface area contributed by atoms with Crippen molar-refractivity contribution in [3.8, 4) is 0 Å². The first kappa shape index (κ1) is 8.50. The van der Waals surface area contributed by atoms with E-state index in [9.17, 15) is 14.7 Å². The highest BCUT2D eigenvalue weighted by Gasteiger charge is 2.44. The lowest BCUT2D eigenvalue weighted by Gasteiger charge is -2.36. The molecule has 5 heteroatoms. The summed E-state index contributed by atoms with van der Waals surface area (Å²) in [5.41, 5.74) is 0. The minimum Gasteiger partial charge on any atom is -0.393 e. The van der Waals surface area contributed by atoms with Gasteiger partial charge >= 0.3 is 11.8 Å². The Labute approximate surface area is 75.7 Å². The Hall–Kier alpha value is -1.10. The molecule has 2 aliphatic rings. The van der Waals surface area contributed by atoms with Crippen LogP contribution in [0.2, 0.25) is 0 Å². The molecule has 0 aromatic carbocycles. The number of carbonyl (C=O) groups excluding carboxylic acids is 2. The molecule has 2 N–H and O–H groups in total. The molecule has 2 fully saturated rings. The van der Waals surface area contributed by atoms with Gasteiger partial charge in [-0.05, 0) is 13.3 Å². The molecule has 2 amide bonds. The Balaban J connectivity index is 2.22. The summed E-state index contributed by atoms with van der Waals surface area (Å²) < 4.78 is 0. The highest BCUT2D eigenvalue weighted by molar-refractivity contribution is 6.37. The lowest BCUT2D eigenvalue weighted by Crippen LogP contribution is -2.50. The summed E-state index contributed by atoms with van der Waals surface area (Å²) in [6.07, 6.45) is 0.292. The number of nitrogens with one attached hydrogen (secondary N) is 1. The standard InChI is InChI=1S/C8H12N2O3/c1-4-2-5(11)3-6-9-7(12)8(13)10(4)6/h4-6,11H,2-3H2,1H3,(H,9,12). The maximum atomic E-state index is 11.3. The first-order valence-electron chi connectivity index (χ1n) is 4.41. The van der Waals surface area contributed by atoms with E-state index < -0.39 is 17.9 Å². The number of rotatable bonds is 0. The number of amides is 2. The molecule has 13 heavy (non-hydrogen) atoms. The molecule has 0 spiro atoms. The van der Waals surface area contributed by atoms with Crippen LogP contribution in [0.5, 0.6) is 0 Å². The molecule has 0 aliphatic carbocycles. The van der Waals surface area contributed by atoms with Gasteiger partial charge in [0.2, 0.25) is 0 Å². The van der Waals surface area contributed by atoms with Crippen LogP contribution in [0.15, 0.2) is 0 Å². The highest BCUT2D eigenvalue weighted by atomic mass is 16.3. The summed E-state index contributed by atoms with van der Waals surface area (Å²) in [5, 5.41) is 12.0. The summed E-state index contributed by atoms with van der Waals surface area (Å²) in [7, 11) is 0. The van der Waals surface area contributed by atoms with Gasteiger partial charge in [0.25, 0.3) is 0 Å². The second kappa shape index (κ2) is 2.70. The van der Waals surface area contributed by atoms with Crippen LogP contribution in [0, 0.1) is 0 Å². The van der Waals surface area contributed by atoms with E-state index in [-0.39, 0.29) is 12.2 Å². The predicted octanol–water partition coefficient (Wildman–Crippen LogP) is -1.19. The van der Waals surface area contributed by atoms with E-state index in [0.29, 0.717) is 12.8 Å². The highest BCUT2D eigenvalue weighted by Crippen LogP contribution is 2.24. The molecule has 3 atom stereocenters. The molecule has 0 bridgehead atoms. The lowest BCUT2D eigenvalue weighted by atomic mass is 9.99. The Morgan fingerprint density at radius 3 is 2.85 bits per heavy atom. The van der Waals surface area contributed by atoms with Crippen LogP contribution in [-0.2, 0) is 9.59 Å². The van der Waals surface area contributed by atoms with E-state index in [0.717, 1.165) is 0 Å². The average molecular weight is 184 g/mol. The Morgan fingerprint density at radius 2 is 2.15 bits per heavy atom. The van der Waals surface area contributed by atoms with Gasteiger partial charge in [0.05, 0.1) is 6.10 Å². The molecule has 5 nitrogen and oxygen atoms in total. The van der Waals surface area contributed by atoms with Gasteiger partial charge in [-0.15, -0.1) is 0 Å². The maximum absolute atomic E-state index is 11.3. The molecule has 2 saturated heterocycles. The number of nitrogens with zero attached hydrogens (tertiary/aromatic N) is 1. The molecule has 0 aromatic heterocycles. The number of carbonyl (C=O) groups is 2. The van der Waals surface area contributed by atoms with E-state index in [4.69, 9.17) is 0 Å². The zero-order valence-electron chi connectivity index (χ0n) is 7.36. The lowest BCUT2D eigenvalue weighted by molar-refractivity contribution is -0.143. The Morgan fingerprint density at radius 1 is 1.46 bits per heavy atom. The Bertz CT molecular complexity index is 266. The van der Waals surface area contributed by atoms with Crippen LogP contribution in [0.1, 0.15) is 19.8 Å². The quantitative estimate of drug-likeness (QED) is 0.465. The number of hydrogen-bond acceptors (Lipinski definition) is 3. The minimum atomic E-state index is -0.550. The van der Waals surface area contributed by atoms with Gasteiger partial charge in [-0.3, -0.25) is 9.59 Å². The van der Waals surface area contributed by atoms with Crippen LogP contribution < -0.4 is 5.32 Å². The fourth-order valence-corrected chi connectivity index (χ4v) is 2.08. The molecule has 0 saturated carbocycles. The third kappa shape index (κ3) is 1.19. The number of fused-ring (bicyclic) bond motifs is 1. The van der Waals surface area contributed by atoms with E-state index in [2.05, 4.69) is 5.32 Å². The molecule has 2 rings (SSSR count). The van der Waals surface area contributed by atoms with Crippen molar-refractivity contribution in [2.24, 2.45) is 0 Å². The summed E-state index contributed by atoms with van der Waals surface area (Å²) in [6, 6.07) is -0.0554. The van der Waals surface area contributed by atoms with Gasteiger partial charge in [0.15, 0.2) is 0 Å². The zero-order chi connectivity index (χ0) is 9.59. The van der Waals surface area contributed by atoms with Crippen molar-refractivity contribution < 1.29 is 14.7 Å². The van der Waals surface area contributed by atoms with E-state index in [1.54, 1.807) is 0 Å². The van der Waals surface area contributed by atoms with Crippen molar-refractivity contribution in [3.05, 3.63) is 0 Å². The van der Waals surface area contributed by atoms with Gasteiger partial charge in [-0.25, -0.2) is 0 Å². The van der Waals surface area contributed by atoms with Gasteiger partial charge in [-0.2, -0.15) is 0 Å². The predicted molar refractivity (Wildman–Crippen MR) is 43.5 cm³/mol. The summed E-state index contributed by atoms with van der Waals surface area (Å²) in [6.45, 7) is 1.84. The van der Waals surface area contributed by atoms with Gasteiger partial charge in [0.1, 0.15) is 6.17 Å². The SMILES string of the molecule is CC1CC(O)CC2NC(=O)C(=O)N12. The van der Waals surface area contributed by atoms with Crippen LogP contribution in [0.4, 0.5) is 0 Å². The second-order valence-electron chi connectivity index (χ2n) is 3.68. The minimum absolute atomic E-state index is 0.0554. The van der Waals surface area contributed by atoms with Crippen LogP contribution in [-0.4, -0.2) is 40.1 Å². The monoisotopic (exact) mass is 184 g/mol. The molecular formula is C8H12N2O3. The van der Waals surface area contributed by atoms with Crippen molar-refractivity contribution in [2.45, 2.75) is 38.1 Å². The molecule has 2 heterocycles. The van der Waals surface area contributed by atoms with E-state index in [1.165, 1.54) is 4.90 Å². The van der Waals surface area contributed by atoms with Crippen LogP contribution in [0.3, 0.4) is 0 Å². The Kier molecular flexibility index (Phi) is 1.76. The fourth-order valence-electron chi connectivity index (χ4n) is 2.08. The summed E-state index contributed by atoms with van der Waals surface area (Å²) in [5.74, 6) is -1.02. The van der Waals surface area contributed by atoms with Crippen molar-refractivity contribution >= 4 is 11.8 Å². The first-order valence-corrected chi connectivity index (χ1v) is 4.41. The number of hydrogen-bond donors (Lipinski definition) is 2. The van der Waals surface area contributed by atoms with Crippen molar-refractivity contribution in [2.75, 3.05) is 0 Å². The van der Waals surface area contributed by atoms with Crippen molar-refractivity contribution in [1.82, 2.24) is 10.2 Å². The van der Waals surface area contributed by atoms with Gasteiger partial charge in [-0.1, -0.05) is 0 Å². The molecule has 72 valence electrons. The van der Waals surface area contributed by atoms with E-state index >= 15 is 0 Å². The molecule has 0 radical (unpaired) electrons. The molecule has 2 aliphatic heterocycles. The summed E-state index contributed by atoms with van der Waals surface area (Å²) in [4.78, 5) is 23.8. The van der Waals surface area contributed by atoms with Crippen LogP contribution in [0.25, 0.3) is 0 Å². The number of piperidine rings is 1. The topological polar surface area (TPSA) is 69.6 Å². The van der Waals surface area contributed by atoms with Gasteiger partial charge in [0, 0.05) is 12.5 Å². The zero-order valence-corrected chi connectivity index (χ0v) is 7.36. The third-order valence-electron chi connectivity index (χ3n) is 2.65. The molecule has 0 aromatic rings. The first-order chi connectivity index (χ1) is 6.09. The third-order valence-corrected chi connectivity index (χ3v) is 2.65. The van der Waals surface area contributed by atoms with Gasteiger partial charge < -0.3 is 15.3 Å². The molecule has 3 unspecified atom stereocenters. The maximum Gasteiger partial charge on any atom is 0.313 e. The molecular weight excluding hydrogens is 172 g/mol. The van der Waals surface area contributed by atoms with Crippen molar-refractivity contribution in [3.63, 3.8) is 0 Å². The summed E-state index contributed by atoms with van der Waals surface area (Å²) >= 11 is 0. The van der Waals surface area contributed by atoms with Crippen molar-refractivity contribution in [1.29, 1.82) is 0 Å². The van der Waals surface area contributed by atoms with Crippen LogP contribution >= 0.6 is 0 Å². The second-order valence-corrected chi connectivity index (χ2v) is 3.68. The number of aliphatic hydroxyl groups excluding tert-OH is 1. The normalized spacial score (nSPS) is 38.9. The largest absolute Gasteiger partial charge is 0.393 e. The van der Waals surface area contributed by atoms with E-state index in [1.807, 2.05) is 6.92 Å². The fraction of sp³-hybridized carbons (Fsp3) is 0.750.